The lowest BCUT2D eigenvalue weighted by Crippen LogP contribution is -2.13. The maximum absolute atomic E-state index is 5.66. The summed E-state index contributed by atoms with van der Waals surface area (Å²) in [7, 11) is 1.62. The maximum atomic E-state index is 5.66. The molecule has 0 aliphatic carbocycles. The molecule has 0 aromatic heterocycles. The van der Waals surface area contributed by atoms with E-state index < -0.39 is 0 Å². The number of benzene rings is 1. The number of amidine groups is 1. The fourth-order valence-corrected chi connectivity index (χ4v) is 0.949. The van der Waals surface area contributed by atoms with Crippen LogP contribution in [-0.4, -0.2) is 19.6 Å². The molecule has 76 valence electrons. The second-order valence-corrected chi connectivity index (χ2v) is 2.62. The summed E-state index contributed by atoms with van der Waals surface area (Å²) in [5, 5.41) is 3.72. The minimum atomic E-state index is 0.370. The highest BCUT2D eigenvalue weighted by Gasteiger charge is 1.98. The number of nitrogens with two attached hydrogens (primary N) is 1. The number of rotatable bonds is 4. The Hall–Kier alpha value is -1.71. The van der Waals surface area contributed by atoms with E-state index in [4.69, 9.17) is 15.3 Å². The van der Waals surface area contributed by atoms with Gasteiger partial charge in [-0.1, -0.05) is 5.16 Å². The summed E-state index contributed by atoms with van der Waals surface area (Å²) in [4.78, 5) is 4.84. The summed E-state index contributed by atoms with van der Waals surface area (Å²) in [5.41, 5.74) is 6.48. The molecule has 0 amide bonds. The molecule has 1 aromatic carbocycles. The Labute approximate surface area is 83.3 Å². The van der Waals surface area contributed by atoms with E-state index in [9.17, 15) is 0 Å². The summed E-state index contributed by atoms with van der Waals surface area (Å²) in [6.45, 7) is 2.36. The highest BCUT2D eigenvalue weighted by molar-refractivity contribution is 5.97. The summed E-state index contributed by atoms with van der Waals surface area (Å²) in [5.74, 6) is 1.16. The predicted molar refractivity (Wildman–Crippen MR) is 55.3 cm³/mol. The Bertz CT molecular complexity index is 306. The zero-order chi connectivity index (χ0) is 10.4. The SMILES string of the molecule is CCO/N=C(\N)c1ccc(OC)cc1. The Morgan fingerprint density at radius 2 is 2.00 bits per heavy atom. The molecule has 0 fully saturated rings. The standard InChI is InChI=1S/C10H14N2O2/c1-3-14-12-10(11)8-4-6-9(13-2)7-5-8/h4-7H,3H2,1-2H3,(H2,11,12). The maximum Gasteiger partial charge on any atom is 0.170 e. The Balaban J connectivity index is 2.76. The van der Waals surface area contributed by atoms with E-state index in [0.717, 1.165) is 11.3 Å². The number of nitrogens with zero attached hydrogens (tertiary/aromatic N) is 1. The molecule has 0 saturated heterocycles. The van der Waals surface area contributed by atoms with E-state index in [1.165, 1.54) is 0 Å². The molecule has 1 rings (SSSR count). The van der Waals surface area contributed by atoms with Crippen LogP contribution >= 0.6 is 0 Å². The van der Waals surface area contributed by atoms with Crippen molar-refractivity contribution in [2.75, 3.05) is 13.7 Å². The van der Waals surface area contributed by atoms with E-state index in [0.29, 0.717) is 12.4 Å². The fourth-order valence-electron chi connectivity index (χ4n) is 0.949. The lowest BCUT2D eigenvalue weighted by molar-refractivity contribution is 0.158. The van der Waals surface area contributed by atoms with Crippen LogP contribution in [0.15, 0.2) is 29.4 Å². The molecule has 0 bridgehead atoms. The van der Waals surface area contributed by atoms with Crippen LogP contribution in [0.3, 0.4) is 0 Å². The molecule has 0 heterocycles. The molecule has 0 radical (unpaired) electrons. The van der Waals surface area contributed by atoms with E-state index >= 15 is 0 Å². The van der Waals surface area contributed by atoms with Crippen molar-refractivity contribution in [1.82, 2.24) is 0 Å². The van der Waals surface area contributed by atoms with Crippen molar-refractivity contribution in [2.45, 2.75) is 6.92 Å². The van der Waals surface area contributed by atoms with Crippen molar-refractivity contribution < 1.29 is 9.57 Å². The van der Waals surface area contributed by atoms with Gasteiger partial charge < -0.3 is 15.3 Å². The van der Waals surface area contributed by atoms with Gasteiger partial charge in [0.2, 0.25) is 0 Å². The van der Waals surface area contributed by atoms with Gasteiger partial charge in [-0.05, 0) is 31.2 Å². The number of oxime groups is 1. The average molecular weight is 194 g/mol. The summed E-state index contributed by atoms with van der Waals surface area (Å²) in [6, 6.07) is 7.31. The number of ether oxygens (including phenoxy) is 1. The molecule has 14 heavy (non-hydrogen) atoms. The molecule has 0 aliphatic heterocycles. The van der Waals surface area contributed by atoms with Crippen LogP contribution in [-0.2, 0) is 4.84 Å². The first-order valence-electron chi connectivity index (χ1n) is 4.37. The Morgan fingerprint density at radius 3 is 2.50 bits per heavy atom. The average Bonchev–Trinajstić information content (AvgIpc) is 2.26. The summed E-state index contributed by atoms with van der Waals surface area (Å²) < 4.78 is 5.02. The van der Waals surface area contributed by atoms with Gasteiger partial charge in [0, 0.05) is 5.56 Å². The van der Waals surface area contributed by atoms with Crippen molar-refractivity contribution in [3.8, 4) is 5.75 Å². The third kappa shape index (κ3) is 2.65. The molecule has 2 N–H and O–H groups in total. The van der Waals surface area contributed by atoms with Crippen LogP contribution < -0.4 is 10.5 Å². The molecular formula is C10H14N2O2. The highest BCUT2D eigenvalue weighted by Crippen LogP contribution is 2.10. The zero-order valence-electron chi connectivity index (χ0n) is 8.36. The van der Waals surface area contributed by atoms with Gasteiger partial charge in [-0.15, -0.1) is 0 Å². The van der Waals surface area contributed by atoms with Gasteiger partial charge in [0.15, 0.2) is 5.84 Å². The molecule has 4 heteroatoms. The van der Waals surface area contributed by atoms with Crippen molar-refractivity contribution in [3.05, 3.63) is 29.8 Å². The summed E-state index contributed by atoms with van der Waals surface area (Å²) in [6.07, 6.45) is 0. The molecule has 0 spiro atoms. The van der Waals surface area contributed by atoms with E-state index in [2.05, 4.69) is 5.16 Å². The Morgan fingerprint density at radius 1 is 1.36 bits per heavy atom. The van der Waals surface area contributed by atoms with E-state index in [1.807, 2.05) is 31.2 Å². The van der Waals surface area contributed by atoms with Gasteiger partial charge in [0.25, 0.3) is 0 Å². The third-order valence-electron chi connectivity index (χ3n) is 1.68. The monoisotopic (exact) mass is 194 g/mol. The van der Waals surface area contributed by atoms with Crippen LogP contribution in [0.4, 0.5) is 0 Å². The van der Waals surface area contributed by atoms with Gasteiger partial charge in [-0.2, -0.15) is 0 Å². The van der Waals surface area contributed by atoms with E-state index in [1.54, 1.807) is 7.11 Å². The quantitative estimate of drug-likeness (QED) is 0.447. The van der Waals surface area contributed by atoms with E-state index in [-0.39, 0.29) is 0 Å². The van der Waals surface area contributed by atoms with Crippen LogP contribution in [0.25, 0.3) is 0 Å². The topological polar surface area (TPSA) is 56.8 Å². The number of hydrogen-bond acceptors (Lipinski definition) is 3. The second-order valence-electron chi connectivity index (χ2n) is 2.62. The first-order valence-corrected chi connectivity index (χ1v) is 4.37. The van der Waals surface area contributed by atoms with Gasteiger partial charge in [-0.25, -0.2) is 0 Å². The molecule has 0 unspecified atom stereocenters. The molecular weight excluding hydrogens is 180 g/mol. The lowest BCUT2D eigenvalue weighted by atomic mass is 10.2. The van der Waals surface area contributed by atoms with Crippen molar-refractivity contribution in [1.29, 1.82) is 0 Å². The lowest BCUT2D eigenvalue weighted by Gasteiger charge is -2.02. The van der Waals surface area contributed by atoms with Gasteiger partial charge >= 0.3 is 0 Å². The number of hydrogen-bond donors (Lipinski definition) is 1. The van der Waals surface area contributed by atoms with Gasteiger partial charge in [0.1, 0.15) is 12.4 Å². The smallest absolute Gasteiger partial charge is 0.170 e. The second kappa shape index (κ2) is 5.11. The first-order chi connectivity index (χ1) is 6.77. The molecule has 0 saturated carbocycles. The van der Waals surface area contributed by atoms with Crippen LogP contribution in [0.1, 0.15) is 12.5 Å². The molecule has 4 nitrogen and oxygen atoms in total. The zero-order valence-corrected chi connectivity index (χ0v) is 8.36. The van der Waals surface area contributed by atoms with Crippen molar-refractivity contribution in [2.24, 2.45) is 10.9 Å². The number of methoxy groups -OCH3 is 1. The van der Waals surface area contributed by atoms with Gasteiger partial charge in [-0.3, -0.25) is 0 Å². The molecule has 0 aliphatic rings. The minimum absolute atomic E-state index is 0.370. The van der Waals surface area contributed by atoms with Crippen molar-refractivity contribution >= 4 is 5.84 Å². The molecule has 0 atom stereocenters. The van der Waals surface area contributed by atoms with Gasteiger partial charge in [0.05, 0.1) is 7.11 Å². The first kappa shape index (κ1) is 10.4. The fraction of sp³-hybridized carbons (Fsp3) is 0.300. The minimum Gasteiger partial charge on any atom is -0.497 e. The Kier molecular flexibility index (Phi) is 3.79. The van der Waals surface area contributed by atoms with Crippen molar-refractivity contribution in [3.63, 3.8) is 0 Å². The normalized spacial score (nSPS) is 11.1. The molecule has 1 aromatic rings. The van der Waals surface area contributed by atoms with Crippen LogP contribution in [0.2, 0.25) is 0 Å². The third-order valence-corrected chi connectivity index (χ3v) is 1.68. The highest BCUT2D eigenvalue weighted by atomic mass is 16.6. The predicted octanol–water partition coefficient (Wildman–Crippen LogP) is 1.35. The summed E-state index contributed by atoms with van der Waals surface area (Å²) >= 11 is 0. The van der Waals surface area contributed by atoms with Crippen LogP contribution in [0.5, 0.6) is 5.75 Å². The largest absolute Gasteiger partial charge is 0.497 e. The van der Waals surface area contributed by atoms with Crippen LogP contribution in [0, 0.1) is 0 Å².